The number of carbonyl (C=O) groups is 2. The number of cyclic esters (lactones) is 1. The summed E-state index contributed by atoms with van der Waals surface area (Å²) in [6.07, 6.45) is 1.85. The first-order chi connectivity index (χ1) is 12.5. The van der Waals surface area contributed by atoms with E-state index >= 15 is 0 Å². The van der Waals surface area contributed by atoms with Gasteiger partial charge in [-0.15, -0.1) is 0 Å². The van der Waals surface area contributed by atoms with Gasteiger partial charge in [-0.05, 0) is 35.9 Å². The molecule has 0 amide bonds. The van der Waals surface area contributed by atoms with Gasteiger partial charge in [0, 0.05) is 17.3 Å². The zero-order valence-electron chi connectivity index (χ0n) is 14.2. The number of esters is 1. The zero-order chi connectivity index (χ0) is 18.7. The summed E-state index contributed by atoms with van der Waals surface area (Å²) in [4.78, 5) is 22.9. The molecule has 0 fully saturated rings. The maximum absolute atomic E-state index is 12.3. The molecule has 0 aliphatic carbocycles. The van der Waals surface area contributed by atoms with Gasteiger partial charge in [0.05, 0.1) is 14.2 Å². The van der Waals surface area contributed by atoms with Crippen molar-refractivity contribution in [1.29, 1.82) is 0 Å². The Bertz CT molecular complexity index is 890. The van der Waals surface area contributed by atoms with Crippen LogP contribution < -0.4 is 14.8 Å². The molecule has 0 unspecified atom stereocenters. The molecule has 2 N–H and O–H groups in total. The Kier molecular flexibility index (Phi) is 4.79. The number of methoxy groups -OCH3 is 2. The number of carboxylic acids is 1. The van der Waals surface area contributed by atoms with Crippen molar-refractivity contribution in [2.45, 2.75) is 6.23 Å². The zero-order valence-corrected chi connectivity index (χ0v) is 14.2. The molecule has 0 aromatic heterocycles. The Morgan fingerprint density at radius 1 is 1.23 bits per heavy atom. The Hall–Kier alpha value is -3.48. The van der Waals surface area contributed by atoms with Gasteiger partial charge >= 0.3 is 11.9 Å². The van der Waals surface area contributed by atoms with Gasteiger partial charge in [-0.2, -0.15) is 0 Å². The molecule has 134 valence electrons. The van der Waals surface area contributed by atoms with Crippen LogP contribution >= 0.6 is 0 Å². The number of hydrogen-bond acceptors (Lipinski definition) is 6. The van der Waals surface area contributed by atoms with Crippen LogP contribution in [0.5, 0.6) is 11.5 Å². The normalized spacial score (nSPS) is 15.5. The highest BCUT2D eigenvalue weighted by Gasteiger charge is 2.35. The SMILES string of the molecule is COc1ccc2c(c1OC)C(=O)O[C@@H]2Nc1cccc(/C=C/C(=O)O)c1. The topological polar surface area (TPSA) is 94.1 Å². The van der Waals surface area contributed by atoms with Gasteiger partial charge in [0.25, 0.3) is 0 Å². The molecule has 2 aromatic rings. The molecule has 0 saturated heterocycles. The van der Waals surface area contributed by atoms with Crippen LogP contribution in [0.4, 0.5) is 5.69 Å². The van der Waals surface area contributed by atoms with Crippen molar-refractivity contribution < 1.29 is 28.9 Å². The van der Waals surface area contributed by atoms with E-state index < -0.39 is 18.2 Å². The summed E-state index contributed by atoms with van der Waals surface area (Å²) in [6, 6.07) is 10.5. The van der Waals surface area contributed by atoms with E-state index in [2.05, 4.69) is 5.32 Å². The monoisotopic (exact) mass is 355 g/mol. The van der Waals surface area contributed by atoms with E-state index in [1.54, 1.807) is 36.4 Å². The smallest absolute Gasteiger partial charge is 0.344 e. The lowest BCUT2D eigenvalue weighted by Gasteiger charge is -2.15. The molecule has 0 saturated carbocycles. The number of benzene rings is 2. The van der Waals surface area contributed by atoms with Crippen LogP contribution in [0.25, 0.3) is 6.08 Å². The predicted molar refractivity (Wildman–Crippen MR) is 94.4 cm³/mol. The molecular weight excluding hydrogens is 338 g/mol. The molecule has 3 rings (SSSR count). The minimum absolute atomic E-state index is 0.325. The summed E-state index contributed by atoms with van der Waals surface area (Å²) in [7, 11) is 2.96. The van der Waals surface area contributed by atoms with Crippen LogP contribution in [0.3, 0.4) is 0 Å². The largest absolute Gasteiger partial charge is 0.493 e. The lowest BCUT2D eigenvalue weighted by atomic mass is 10.1. The van der Waals surface area contributed by atoms with Gasteiger partial charge in [0.1, 0.15) is 5.56 Å². The third-order valence-electron chi connectivity index (χ3n) is 3.89. The minimum Gasteiger partial charge on any atom is -0.493 e. The molecular formula is C19H17NO6. The van der Waals surface area contributed by atoms with Crippen LogP contribution in [0.15, 0.2) is 42.5 Å². The summed E-state index contributed by atoms with van der Waals surface area (Å²) < 4.78 is 15.9. The molecule has 0 spiro atoms. The first-order valence-corrected chi connectivity index (χ1v) is 7.77. The second-order valence-electron chi connectivity index (χ2n) is 5.49. The van der Waals surface area contributed by atoms with E-state index in [1.807, 2.05) is 0 Å². The molecule has 7 nitrogen and oxygen atoms in total. The summed E-state index contributed by atoms with van der Waals surface area (Å²) in [5.74, 6) is -0.750. The Morgan fingerprint density at radius 2 is 2.04 bits per heavy atom. The van der Waals surface area contributed by atoms with Gasteiger partial charge in [-0.1, -0.05) is 12.1 Å². The van der Waals surface area contributed by atoms with Gasteiger partial charge in [-0.3, -0.25) is 0 Å². The summed E-state index contributed by atoms with van der Waals surface area (Å²) in [5, 5.41) is 11.8. The van der Waals surface area contributed by atoms with Crippen molar-refractivity contribution in [3.05, 3.63) is 59.2 Å². The van der Waals surface area contributed by atoms with E-state index in [1.165, 1.54) is 20.3 Å². The fourth-order valence-corrected chi connectivity index (χ4v) is 2.76. The third-order valence-corrected chi connectivity index (χ3v) is 3.89. The number of fused-ring (bicyclic) bond motifs is 1. The predicted octanol–water partition coefficient (Wildman–Crippen LogP) is 3.08. The van der Waals surface area contributed by atoms with Crippen LogP contribution in [0.2, 0.25) is 0 Å². The number of aliphatic carboxylic acids is 1. The molecule has 2 aromatic carbocycles. The standard InChI is InChI=1S/C19H17NO6/c1-24-14-8-7-13-16(17(14)25-2)19(23)26-18(13)20-12-5-3-4-11(10-12)6-9-15(21)22/h3-10,18,20H,1-2H3,(H,21,22)/b9-6+/t18-/m0/s1. The molecule has 1 atom stereocenters. The minimum atomic E-state index is -1.02. The van der Waals surface area contributed by atoms with Crippen LogP contribution in [-0.2, 0) is 9.53 Å². The van der Waals surface area contributed by atoms with E-state index in [9.17, 15) is 9.59 Å². The molecule has 1 aliphatic heterocycles. The second-order valence-corrected chi connectivity index (χ2v) is 5.49. The maximum Gasteiger partial charge on any atom is 0.344 e. The fraction of sp³-hybridized carbons (Fsp3) is 0.158. The van der Waals surface area contributed by atoms with Crippen molar-refractivity contribution in [2.24, 2.45) is 0 Å². The molecule has 1 heterocycles. The number of hydrogen-bond donors (Lipinski definition) is 2. The highest BCUT2D eigenvalue weighted by molar-refractivity contribution is 5.98. The van der Waals surface area contributed by atoms with Crippen LogP contribution in [-0.4, -0.2) is 31.3 Å². The number of rotatable bonds is 6. The van der Waals surface area contributed by atoms with Crippen molar-refractivity contribution in [2.75, 3.05) is 19.5 Å². The van der Waals surface area contributed by atoms with Crippen molar-refractivity contribution in [1.82, 2.24) is 0 Å². The van der Waals surface area contributed by atoms with Crippen LogP contribution in [0.1, 0.15) is 27.7 Å². The van der Waals surface area contributed by atoms with Crippen molar-refractivity contribution >= 4 is 23.7 Å². The van der Waals surface area contributed by atoms with Crippen LogP contribution in [0, 0.1) is 0 Å². The Morgan fingerprint density at radius 3 is 2.73 bits per heavy atom. The lowest BCUT2D eigenvalue weighted by Crippen LogP contribution is -2.10. The van der Waals surface area contributed by atoms with Gasteiger partial charge in [-0.25, -0.2) is 9.59 Å². The summed E-state index contributed by atoms with van der Waals surface area (Å²) in [6.45, 7) is 0. The van der Waals surface area contributed by atoms with E-state index in [-0.39, 0.29) is 0 Å². The van der Waals surface area contributed by atoms with E-state index in [4.69, 9.17) is 19.3 Å². The molecule has 0 radical (unpaired) electrons. The quantitative estimate of drug-likeness (QED) is 0.607. The maximum atomic E-state index is 12.3. The number of nitrogens with one attached hydrogen (secondary N) is 1. The number of ether oxygens (including phenoxy) is 3. The van der Waals surface area contributed by atoms with E-state index in [0.717, 1.165) is 6.08 Å². The average molecular weight is 355 g/mol. The molecule has 1 aliphatic rings. The van der Waals surface area contributed by atoms with E-state index in [0.29, 0.717) is 33.9 Å². The highest BCUT2D eigenvalue weighted by Crippen LogP contribution is 2.42. The first-order valence-electron chi connectivity index (χ1n) is 7.77. The van der Waals surface area contributed by atoms with Crippen molar-refractivity contribution in [3.63, 3.8) is 0 Å². The number of carbonyl (C=O) groups excluding carboxylic acids is 1. The average Bonchev–Trinajstić information content (AvgIpc) is 2.95. The Labute approximate surface area is 149 Å². The Balaban J connectivity index is 1.89. The van der Waals surface area contributed by atoms with Gasteiger partial charge < -0.3 is 24.6 Å². The lowest BCUT2D eigenvalue weighted by molar-refractivity contribution is -0.131. The fourth-order valence-electron chi connectivity index (χ4n) is 2.76. The number of anilines is 1. The highest BCUT2D eigenvalue weighted by atomic mass is 16.6. The molecule has 26 heavy (non-hydrogen) atoms. The van der Waals surface area contributed by atoms with Crippen molar-refractivity contribution in [3.8, 4) is 11.5 Å². The second kappa shape index (κ2) is 7.18. The summed E-state index contributed by atoms with van der Waals surface area (Å²) in [5.41, 5.74) is 2.35. The molecule has 0 bridgehead atoms. The van der Waals surface area contributed by atoms with Gasteiger partial charge in [0.2, 0.25) is 6.23 Å². The number of carboxylic acid groups (broad SMARTS) is 1. The third kappa shape index (κ3) is 3.32. The first kappa shape index (κ1) is 17.3. The summed E-state index contributed by atoms with van der Waals surface area (Å²) >= 11 is 0. The van der Waals surface area contributed by atoms with Gasteiger partial charge in [0.15, 0.2) is 11.5 Å². The molecule has 7 heteroatoms.